The van der Waals surface area contributed by atoms with Crippen LogP contribution in [0.15, 0.2) is 70.0 Å². The van der Waals surface area contributed by atoms with Gasteiger partial charge in [0, 0.05) is 36.9 Å². The first-order chi connectivity index (χ1) is 15.0. The average Bonchev–Trinajstić information content (AvgIpc) is 2.74. The minimum Gasteiger partial charge on any atom is -0.378 e. The molecule has 11 heteroatoms. The summed E-state index contributed by atoms with van der Waals surface area (Å²) >= 11 is 1.02. The lowest BCUT2D eigenvalue weighted by molar-refractivity contribution is -0.118. The summed E-state index contributed by atoms with van der Waals surface area (Å²) in [6, 6.07) is 13.2. The van der Waals surface area contributed by atoms with Gasteiger partial charge in [0.05, 0.1) is 17.4 Å². The molecule has 2 aromatic rings. The first-order valence-corrected chi connectivity index (χ1v) is 12.2. The molecular weight excluding hydrogens is 451 g/mol. The Morgan fingerprint density at radius 3 is 2.06 bits per heavy atom. The standard InChI is InChI=1S/C21H25N4O5PS/c1-15(26)20(14-32-13-12-31(28,29)30)22-21(27)16-4-6-17(7-5-16)23-24-18-8-10-19(11-9-18)25(2)3/h4-13,20H,14H2,1-3H3,(H,22,27)(H2,28,29,30)/t20-/m0/s1. The molecule has 32 heavy (non-hydrogen) atoms. The number of hydrogen-bond donors (Lipinski definition) is 3. The third kappa shape index (κ3) is 8.76. The van der Waals surface area contributed by atoms with Gasteiger partial charge in [0.15, 0.2) is 5.78 Å². The number of thioether (sulfide) groups is 1. The van der Waals surface area contributed by atoms with Gasteiger partial charge in [-0.1, -0.05) is 0 Å². The van der Waals surface area contributed by atoms with Crippen LogP contribution in [-0.4, -0.2) is 47.4 Å². The Morgan fingerprint density at radius 1 is 1.06 bits per heavy atom. The number of hydrogen-bond acceptors (Lipinski definition) is 7. The normalized spacial score (nSPS) is 12.8. The molecule has 2 aromatic carbocycles. The van der Waals surface area contributed by atoms with Crippen LogP contribution in [0.5, 0.6) is 0 Å². The number of nitrogens with one attached hydrogen (secondary N) is 1. The van der Waals surface area contributed by atoms with Crippen LogP contribution in [-0.2, 0) is 9.36 Å². The lowest BCUT2D eigenvalue weighted by Crippen LogP contribution is -2.41. The second-order valence-corrected chi connectivity index (χ2v) is 9.42. The number of rotatable bonds is 10. The fraction of sp³-hybridized carbons (Fsp3) is 0.238. The van der Waals surface area contributed by atoms with Crippen molar-refractivity contribution >= 4 is 48.1 Å². The van der Waals surface area contributed by atoms with Gasteiger partial charge >= 0.3 is 7.60 Å². The van der Waals surface area contributed by atoms with Crippen LogP contribution in [0, 0.1) is 0 Å². The van der Waals surface area contributed by atoms with Crippen molar-refractivity contribution in [3.05, 3.63) is 65.3 Å². The molecule has 1 atom stereocenters. The summed E-state index contributed by atoms with van der Waals surface area (Å²) in [5.74, 6) is 0.200. The summed E-state index contributed by atoms with van der Waals surface area (Å²) in [5.41, 5.74) is 2.67. The predicted molar refractivity (Wildman–Crippen MR) is 127 cm³/mol. The summed E-state index contributed by atoms with van der Waals surface area (Å²) < 4.78 is 10.8. The van der Waals surface area contributed by atoms with E-state index in [0.29, 0.717) is 16.9 Å². The van der Waals surface area contributed by atoms with E-state index in [1.165, 1.54) is 12.3 Å². The minimum atomic E-state index is -4.25. The lowest BCUT2D eigenvalue weighted by Gasteiger charge is -2.14. The van der Waals surface area contributed by atoms with E-state index in [0.717, 1.165) is 23.3 Å². The molecular formula is C21H25N4O5PS. The van der Waals surface area contributed by atoms with Crippen molar-refractivity contribution in [3.63, 3.8) is 0 Å². The summed E-state index contributed by atoms with van der Waals surface area (Å²) in [7, 11) is -0.346. The largest absolute Gasteiger partial charge is 0.378 e. The second kappa shape index (κ2) is 11.7. The van der Waals surface area contributed by atoms with Gasteiger partial charge < -0.3 is 20.0 Å². The lowest BCUT2D eigenvalue weighted by atomic mass is 10.1. The molecule has 0 heterocycles. The number of Topliss-reactive ketones (excluding diaryl/α,β-unsaturated/α-hetero) is 1. The Bertz CT molecular complexity index is 1030. The fourth-order valence-corrected chi connectivity index (χ4v) is 3.99. The molecule has 0 aromatic heterocycles. The maximum Gasteiger partial charge on any atom is 0.349 e. The van der Waals surface area contributed by atoms with E-state index in [9.17, 15) is 14.2 Å². The van der Waals surface area contributed by atoms with Gasteiger partial charge in [0.25, 0.3) is 5.91 Å². The highest BCUT2D eigenvalue weighted by atomic mass is 32.2. The SMILES string of the molecule is CC(=O)[C@H](CSC=CP(=O)(O)O)NC(=O)c1ccc(N=Nc2ccc(N(C)C)cc2)cc1. The van der Waals surface area contributed by atoms with Gasteiger partial charge in [-0.25, -0.2) is 0 Å². The van der Waals surface area contributed by atoms with Gasteiger partial charge in [-0.15, -0.1) is 11.8 Å². The van der Waals surface area contributed by atoms with E-state index < -0.39 is 19.5 Å². The number of carbonyl (C=O) groups excluding carboxylic acids is 2. The van der Waals surface area contributed by atoms with Crippen molar-refractivity contribution in [2.75, 3.05) is 24.7 Å². The van der Waals surface area contributed by atoms with Crippen molar-refractivity contribution in [2.45, 2.75) is 13.0 Å². The Morgan fingerprint density at radius 2 is 1.59 bits per heavy atom. The van der Waals surface area contributed by atoms with Crippen LogP contribution < -0.4 is 10.2 Å². The summed E-state index contributed by atoms with van der Waals surface area (Å²) in [6.45, 7) is 1.34. The van der Waals surface area contributed by atoms with Gasteiger partial charge in [0.1, 0.15) is 0 Å². The number of ketones is 1. The molecule has 0 aliphatic heterocycles. The smallest absolute Gasteiger partial charge is 0.349 e. The van der Waals surface area contributed by atoms with Crippen molar-refractivity contribution in [2.24, 2.45) is 10.2 Å². The zero-order valence-corrected chi connectivity index (χ0v) is 19.6. The van der Waals surface area contributed by atoms with E-state index in [1.54, 1.807) is 24.3 Å². The summed E-state index contributed by atoms with van der Waals surface area (Å²) in [6.07, 6.45) is 0. The number of benzene rings is 2. The Kier molecular flexibility index (Phi) is 9.34. The number of anilines is 1. The topological polar surface area (TPSA) is 132 Å². The van der Waals surface area contributed by atoms with E-state index in [4.69, 9.17) is 9.79 Å². The maximum absolute atomic E-state index is 12.5. The molecule has 0 aliphatic carbocycles. The van der Waals surface area contributed by atoms with E-state index in [1.807, 2.05) is 43.3 Å². The van der Waals surface area contributed by atoms with E-state index >= 15 is 0 Å². The Hall–Kier alpha value is -2.78. The molecule has 170 valence electrons. The first kappa shape index (κ1) is 25.5. The molecule has 1 amide bonds. The third-order valence-corrected chi connectivity index (χ3v) is 5.78. The molecule has 0 spiro atoms. The fourth-order valence-electron chi connectivity index (χ4n) is 2.39. The van der Waals surface area contributed by atoms with Gasteiger partial charge in [-0.2, -0.15) is 10.2 Å². The van der Waals surface area contributed by atoms with Crippen LogP contribution >= 0.6 is 19.4 Å². The highest BCUT2D eigenvalue weighted by Crippen LogP contribution is 2.36. The maximum atomic E-state index is 12.5. The molecule has 0 bridgehead atoms. The van der Waals surface area contributed by atoms with Crippen molar-refractivity contribution < 1.29 is 23.9 Å². The molecule has 9 nitrogen and oxygen atoms in total. The highest BCUT2D eigenvalue weighted by Gasteiger charge is 2.18. The third-order valence-electron chi connectivity index (χ3n) is 4.19. The number of nitrogens with zero attached hydrogens (tertiary/aromatic N) is 3. The van der Waals surface area contributed by atoms with Crippen molar-refractivity contribution in [1.29, 1.82) is 0 Å². The highest BCUT2D eigenvalue weighted by molar-refractivity contribution is 8.02. The molecule has 2 rings (SSSR count). The first-order valence-electron chi connectivity index (χ1n) is 9.50. The van der Waals surface area contributed by atoms with E-state index in [-0.39, 0.29) is 11.5 Å². The van der Waals surface area contributed by atoms with Gasteiger partial charge in [-0.3, -0.25) is 14.2 Å². The zero-order chi connectivity index (χ0) is 23.7. The van der Waals surface area contributed by atoms with Gasteiger partial charge in [-0.05, 0) is 60.9 Å². The van der Waals surface area contributed by atoms with Crippen LogP contribution in [0.4, 0.5) is 17.1 Å². The molecule has 0 saturated carbocycles. The molecule has 3 N–H and O–H groups in total. The van der Waals surface area contributed by atoms with Crippen molar-refractivity contribution in [1.82, 2.24) is 5.32 Å². The summed E-state index contributed by atoms with van der Waals surface area (Å²) in [5, 5.41) is 12.2. The molecule has 0 unspecified atom stereocenters. The minimum absolute atomic E-state index is 0.149. The number of amides is 1. The molecule has 0 aliphatic rings. The molecule has 0 fully saturated rings. The van der Waals surface area contributed by atoms with Gasteiger partial charge in [0.2, 0.25) is 0 Å². The average molecular weight is 476 g/mol. The van der Waals surface area contributed by atoms with E-state index in [2.05, 4.69) is 15.5 Å². The number of azo groups is 1. The van der Waals surface area contributed by atoms with Crippen LogP contribution in [0.2, 0.25) is 0 Å². The Balaban J connectivity index is 1.96. The predicted octanol–water partition coefficient (Wildman–Crippen LogP) is 4.24. The quantitative estimate of drug-likeness (QED) is 0.345. The summed E-state index contributed by atoms with van der Waals surface area (Å²) in [4.78, 5) is 43.8. The monoisotopic (exact) mass is 476 g/mol. The molecule has 0 saturated heterocycles. The molecule has 0 radical (unpaired) electrons. The van der Waals surface area contributed by atoms with Crippen molar-refractivity contribution in [3.8, 4) is 0 Å². The van der Waals surface area contributed by atoms with Crippen LogP contribution in [0.1, 0.15) is 17.3 Å². The van der Waals surface area contributed by atoms with Crippen LogP contribution in [0.25, 0.3) is 0 Å². The zero-order valence-electron chi connectivity index (χ0n) is 17.9. The number of carbonyl (C=O) groups is 2. The Labute approximate surface area is 190 Å². The second-order valence-electron chi connectivity index (χ2n) is 7.00. The van der Waals surface area contributed by atoms with Crippen LogP contribution in [0.3, 0.4) is 0 Å².